The SMILES string of the molecule is CCOC(=O)C1=C(c2ccccc2)OC(N)=C(C#N)[C@H]1c1ccccc1C. The van der Waals surface area contributed by atoms with Crippen LogP contribution in [0.15, 0.2) is 71.6 Å². The highest BCUT2D eigenvalue weighted by atomic mass is 16.5. The topological polar surface area (TPSA) is 85.3 Å². The Balaban J connectivity index is 2.31. The number of benzene rings is 2. The summed E-state index contributed by atoms with van der Waals surface area (Å²) in [5.41, 5.74) is 9.02. The van der Waals surface area contributed by atoms with Crippen LogP contribution in [0.5, 0.6) is 0 Å². The van der Waals surface area contributed by atoms with E-state index in [0.717, 1.165) is 11.1 Å². The number of aryl methyl sites for hydroxylation is 1. The number of carbonyl (C=O) groups is 1. The zero-order chi connectivity index (χ0) is 19.4. The van der Waals surface area contributed by atoms with Crippen LogP contribution >= 0.6 is 0 Å². The first-order valence-electron chi connectivity index (χ1n) is 8.68. The van der Waals surface area contributed by atoms with Gasteiger partial charge in [-0.3, -0.25) is 0 Å². The monoisotopic (exact) mass is 360 g/mol. The third-order valence-corrected chi connectivity index (χ3v) is 4.45. The van der Waals surface area contributed by atoms with Gasteiger partial charge in [0.15, 0.2) is 0 Å². The number of nitrogens with zero attached hydrogens (tertiary/aromatic N) is 1. The van der Waals surface area contributed by atoms with Gasteiger partial charge in [0.1, 0.15) is 17.4 Å². The molecule has 1 heterocycles. The number of esters is 1. The molecule has 0 radical (unpaired) electrons. The van der Waals surface area contributed by atoms with Crippen LogP contribution < -0.4 is 5.73 Å². The molecule has 2 N–H and O–H groups in total. The van der Waals surface area contributed by atoms with Crippen LogP contribution in [-0.2, 0) is 14.3 Å². The predicted molar refractivity (Wildman–Crippen MR) is 102 cm³/mol. The van der Waals surface area contributed by atoms with Crippen molar-refractivity contribution in [2.24, 2.45) is 5.73 Å². The third kappa shape index (κ3) is 3.42. The average molecular weight is 360 g/mol. The first-order chi connectivity index (χ1) is 13.1. The molecule has 0 bridgehead atoms. The molecule has 1 aliphatic heterocycles. The van der Waals surface area contributed by atoms with Gasteiger partial charge in [0, 0.05) is 5.56 Å². The first kappa shape index (κ1) is 18.3. The van der Waals surface area contributed by atoms with Crippen molar-refractivity contribution in [1.82, 2.24) is 0 Å². The molecular formula is C22H20N2O3. The molecule has 0 fully saturated rings. The van der Waals surface area contributed by atoms with E-state index in [-0.39, 0.29) is 23.6 Å². The molecule has 5 nitrogen and oxygen atoms in total. The van der Waals surface area contributed by atoms with E-state index in [9.17, 15) is 10.1 Å². The van der Waals surface area contributed by atoms with Crippen molar-refractivity contribution in [3.05, 3.63) is 88.3 Å². The Kier molecular flexibility index (Phi) is 5.28. The lowest BCUT2D eigenvalue weighted by Crippen LogP contribution is -2.26. The number of rotatable bonds is 4. The molecule has 2 aromatic carbocycles. The molecule has 27 heavy (non-hydrogen) atoms. The van der Waals surface area contributed by atoms with Crippen molar-refractivity contribution in [3.63, 3.8) is 0 Å². The van der Waals surface area contributed by atoms with Gasteiger partial charge in [0.25, 0.3) is 0 Å². The number of carbonyl (C=O) groups excluding carboxylic acids is 1. The summed E-state index contributed by atoms with van der Waals surface area (Å²) in [7, 11) is 0. The summed E-state index contributed by atoms with van der Waals surface area (Å²) in [4.78, 5) is 12.9. The van der Waals surface area contributed by atoms with Gasteiger partial charge >= 0.3 is 5.97 Å². The van der Waals surface area contributed by atoms with E-state index in [1.54, 1.807) is 6.92 Å². The van der Waals surface area contributed by atoms with Crippen LogP contribution in [0.2, 0.25) is 0 Å². The van der Waals surface area contributed by atoms with Gasteiger partial charge in [0.05, 0.1) is 18.1 Å². The Labute approximate surface area is 158 Å². The van der Waals surface area contributed by atoms with Gasteiger partial charge in [-0.15, -0.1) is 0 Å². The van der Waals surface area contributed by atoms with Crippen LogP contribution in [0.1, 0.15) is 29.5 Å². The molecule has 3 rings (SSSR count). The number of ether oxygens (including phenoxy) is 2. The Morgan fingerprint density at radius 1 is 1.19 bits per heavy atom. The number of hydrogen-bond donors (Lipinski definition) is 1. The standard InChI is InChI=1S/C22H20N2O3/c1-3-26-22(25)19-18(16-12-8-7-9-14(16)2)17(13-23)21(24)27-20(19)15-10-5-4-6-11-15/h4-12,18H,3,24H2,1-2H3/t18-/m1/s1. The minimum absolute atomic E-state index is 0.00217. The summed E-state index contributed by atoms with van der Waals surface area (Å²) < 4.78 is 11.1. The second-order valence-electron chi connectivity index (χ2n) is 6.11. The second-order valence-corrected chi connectivity index (χ2v) is 6.11. The summed E-state index contributed by atoms with van der Waals surface area (Å²) in [5, 5.41) is 9.73. The van der Waals surface area contributed by atoms with E-state index in [1.165, 1.54) is 0 Å². The maximum atomic E-state index is 12.9. The van der Waals surface area contributed by atoms with E-state index in [1.807, 2.05) is 61.5 Å². The van der Waals surface area contributed by atoms with Crippen molar-refractivity contribution >= 4 is 11.7 Å². The number of nitriles is 1. The molecule has 0 saturated carbocycles. The largest absolute Gasteiger partial charge is 0.463 e. The average Bonchev–Trinajstić information content (AvgIpc) is 2.68. The van der Waals surface area contributed by atoms with Gasteiger partial charge < -0.3 is 15.2 Å². The van der Waals surface area contributed by atoms with Crippen molar-refractivity contribution in [1.29, 1.82) is 5.26 Å². The molecule has 1 aliphatic rings. The Hall–Kier alpha value is -3.52. The highest BCUT2D eigenvalue weighted by Crippen LogP contribution is 2.43. The summed E-state index contributed by atoms with van der Waals surface area (Å²) in [6.45, 7) is 3.88. The predicted octanol–water partition coefficient (Wildman–Crippen LogP) is 3.78. The number of hydrogen-bond acceptors (Lipinski definition) is 5. The fourth-order valence-electron chi connectivity index (χ4n) is 3.20. The van der Waals surface area contributed by atoms with E-state index in [2.05, 4.69) is 6.07 Å². The lowest BCUT2D eigenvalue weighted by atomic mass is 9.80. The van der Waals surface area contributed by atoms with Gasteiger partial charge in [-0.05, 0) is 25.0 Å². The molecule has 136 valence electrons. The zero-order valence-electron chi connectivity index (χ0n) is 15.2. The summed E-state index contributed by atoms with van der Waals surface area (Å²) in [5.74, 6) is -0.861. The number of nitrogens with two attached hydrogens (primary N) is 1. The maximum absolute atomic E-state index is 12.9. The van der Waals surface area contributed by atoms with Gasteiger partial charge in [-0.25, -0.2) is 4.79 Å². The molecule has 0 aromatic heterocycles. The summed E-state index contributed by atoms with van der Waals surface area (Å²) >= 11 is 0. The lowest BCUT2D eigenvalue weighted by molar-refractivity contribution is -0.138. The molecule has 0 saturated heterocycles. The van der Waals surface area contributed by atoms with Crippen LogP contribution in [0.4, 0.5) is 0 Å². The summed E-state index contributed by atoms with van der Waals surface area (Å²) in [6, 6.07) is 18.9. The lowest BCUT2D eigenvalue weighted by Gasteiger charge is -2.29. The number of allylic oxidation sites excluding steroid dienone is 1. The Morgan fingerprint density at radius 3 is 2.48 bits per heavy atom. The third-order valence-electron chi connectivity index (χ3n) is 4.45. The Bertz CT molecular complexity index is 969. The molecule has 0 amide bonds. The molecular weight excluding hydrogens is 340 g/mol. The van der Waals surface area contributed by atoms with Crippen LogP contribution in [0.3, 0.4) is 0 Å². The molecule has 0 spiro atoms. The van der Waals surface area contributed by atoms with Crippen molar-refractivity contribution in [3.8, 4) is 6.07 Å². The van der Waals surface area contributed by atoms with Crippen molar-refractivity contribution in [2.45, 2.75) is 19.8 Å². The molecule has 0 aliphatic carbocycles. The quantitative estimate of drug-likeness (QED) is 0.839. The maximum Gasteiger partial charge on any atom is 0.338 e. The minimum atomic E-state index is -0.654. The normalized spacial score (nSPS) is 16.6. The van der Waals surface area contributed by atoms with Crippen molar-refractivity contribution < 1.29 is 14.3 Å². The van der Waals surface area contributed by atoms with E-state index < -0.39 is 11.9 Å². The highest BCUT2D eigenvalue weighted by Gasteiger charge is 2.38. The van der Waals surface area contributed by atoms with Crippen LogP contribution in [-0.4, -0.2) is 12.6 Å². The highest BCUT2D eigenvalue weighted by molar-refractivity contribution is 6.00. The fraction of sp³-hybridized carbons (Fsp3) is 0.182. The minimum Gasteiger partial charge on any atom is -0.463 e. The van der Waals surface area contributed by atoms with E-state index >= 15 is 0 Å². The molecule has 2 aromatic rings. The second kappa shape index (κ2) is 7.79. The smallest absolute Gasteiger partial charge is 0.338 e. The van der Waals surface area contributed by atoms with E-state index in [0.29, 0.717) is 11.3 Å². The molecule has 0 unspecified atom stereocenters. The summed E-state index contributed by atoms with van der Waals surface area (Å²) in [6.07, 6.45) is 0. The van der Waals surface area contributed by atoms with Crippen LogP contribution in [0, 0.1) is 18.3 Å². The molecule has 5 heteroatoms. The van der Waals surface area contributed by atoms with Crippen LogP contribution in [0.25, 0.3) is 5.76 Å². The zero-order valence-corrected chi connectivity index (χ0v) is 15.2. The molecule has 1 atom stereocenters. The first-order valence-corrected chi connectivity index (χ1v) is 8.68. The van der Waals surface area contributed by atoms with Gasteiger partial charge in [-0.1, -0.05) is 54.6 Å². The van der Waals surface area contributed by atoms with Gasteiger partial charge in [-0.2, -0.15) is 5.26 Å². The Morgan fingerprint density at radius 2 is 1.85 bits per heavy atom. The van der Waals surface area contributed by atoms with Crippen molar-refractivity contribution in [2.75, 3.05) is 6.61 Å². The van der Waals surface area contributed by atoms with E-state index in [4.69, 9.17) is 15.2 Å². The van der Waals surface area contributed by atoms with Gasteiger partial charge in [0.2, 0.25) is 5.88 Å². The fourth-order valence-corrected chi connectivity index (χ4v) is 3.20.